The SMILES string of the molecule is CCc1ccc2c(CSc3nnc(-c4ccoc4C)n3CC)cc(=O)oc2c1. The van der Waals surface area contributed by atoms with Gasteiger partial charge in [0, 0.05) is 23.8 Å². The van der Waals surface area contributed by atoms with Gasteiger partial charge in [0.05, 0.1) is 11.8 Å². The van der Waals surface area contributed by atoms with Gasteiger partial charge in [-0.05, 0) is 43.5 Å². The molecule has 0 aliphatic rings. The topological polar surface area (TPSA) is 74.1 Å². The predicted molar refractivity (Wildman–Crippen MR) is 110 cm³/mol. The van der Waals surface area contributed by atoms with E-state index in [1.165, 1.54) is 0 Å². The molecular weight excluding hydrogens is 374 g/mol. The summed E-state index contributed by atoms with van der Waals surface area (Å²) < 4.78 is 12.9. The van der Waals surface area contributed by atoms with Crippen molar-refractivity contribution in [3.8, 4) is 11.4 Å². The van der Waals surface area contributed by atoms with Gasteiger partial charge in [-0.3, -0.25) is 0 Å². The van der Waals surface area contributed by atoms with Crippen LogP contribution in [0.2, 0.25) is 0 Å². The second kappa shape index (κ2) is 7.67. The molecule has 7 heteroatoms. The van der Waals surface area contributed by atoms with E-state index in [-0.39, 0.29) is 5.63 Å². The van der Waals surface area contributed by atoms with Crippen molar-refractivity contribution in [1.29, 1.82) is 0 Å². The normalized spacial score (nSPS) is 11.4. The lowest BCUT2D eigenvalue weighted by molar-refractivity contribution is 0.534. The van der Waals surface area contributed by atoms with E-state index in [4.69, 9.17) is 8.83 Å². The molecule has 4 rings (SSSR count). The summed E-state index contributed by atoms with van der Waals surface area (Å²) in [4.78, 5) is 12.0. The maximum absolute atomic E-state index is 12.0. The fraction of sp³-hybridized carbons (Fsp3) is 0.286. The highest BCUT2D eigenvalue weighted by atomic mass is 32.2. The van der Waals surface area contributed by atoms with Crippen LogP contribution in [-0.4, -0.2) is 14.8 Å². The van der Waals surface area contributed by atoms with Gasteiger partial charge in [-0.2, -0.15) is 0 Å². The first-order valence-corrected chi connectivity index (χ1v) is 10.2. The third kappa shape index (κ3) is 3.38. The number of rotatable bonds is 6. The molecule has 0 N–H and O–H groups in total. The lowest BCUT2D eigenvalue weighted by Crippen LogP contribution is -2.02. The van der Waals surface area contributed by atoms with Crippen molar-refractivity contribution >= 4 is 22.7 Å². The summed E-state index contributed by atoms with van der Waals surface area (Å²) in [6.07, 6.45) is 2.56. The molecule has 0 aliphatic carbocycles. The van der Waals surface area contributed by atoms with Gasteiger partial charge in [-0.15, -0.1) is 10.2 Å². The molecule has 6 nitrogen and oxygen atoms in total. The molecule has 0 bridgehead atoms. The highest BCUT2D eigenvalue weighted by Crippen LogP contribution is 2.30. The Balaban J connectivity index is 1.66. The van der Waals surface area contributed by atoms with E-state index in [0.717, 1.165) is 51.8 Å². The molecule has 0 saturated carbocycles. The summed E-state index contributed by atoms with van der Waals surface area (Å²) in [6, 6.07) is 9.51. The van der Waals surface area contributed by atoms with Gasteiger partial charge in [0.1, 0.15) is 11.3 Å². The molecule has 0 atom stereocenters. The number of nitrogens with zero attached hydrogens (tertiary/aromatic N) is 3. The Morgan fingerprint density at radius 2 is 2.00 bits per heavy atom. The lowest BCUT2D eigenvalue weighted by atomic mass is 10.1. The van der Waals surface area contributed by atoms with E-state index in [2.05, 4.69) is 34.7 Å². The quantitative estimate of drug-likeness (QED) is 0.344. The number of aromatic nitrogens is 3. The van der Waals surface area contributed by atoms with E-state index < -0.39 is 0 Å². The van der Waals surface area contributed by atoms with Crippen LogP contribution in [0, 0.1) is 6.92 Å². The van der Waals surface area contributed by atoms with E-state index in [0.29, 0.717) is 11.3 Å². The maximum Gasteiger partial charge on any atom is 0.336 e. The lowest BCUT2D eigenvalue weighted by Gasteiger charge is -2.08. The summed E-state index contributed by atoms with van der Waals surface area (Å²) in [5, 5.41) is 10.5. The van der Waals surface area contributed by atoms with Gasteiger partial charge in [-0.1, -0.05) is 30.8 Å². The fourth-order valence-electron chi connectivity index (χ4n) is 3.25. The standard InChI is InChI=1S/C21H21N3O3S/c1-4-14-6-7-17-15(11-19(25)27-18(17)10-14)12-28-21-23-22-20(24(21)5-2)16-8-9-26-13(16)3/h6-11H,4-5,12H2,1-3H3. The molecule has 3 aromatic heterocycles. The van der Waals surface area contributed by atoms with Crippen molar-refractivity contribution in [1.82, 2.24) is 14.8 Å². The molecule has 0 radical (unpaired) electrons. The van der Waals surface area contributed by atoms with Crippen LogP contribution in [0.5, 0.6) is 0 Å². The molecule has 0 unspecified atom stereocenters. The van der Waals surface area contributed by atoms with Crippen LogP contribution < -0.4 is 5.63 Å². The van der Waals surface area contributed by atoms with Crippen molar-refractivity contribution < 1.29 is 8.83 Å². The molecule has 144 valence electrons. The molecule has 0 saturated heterocycles. The molecular formula is C21H21N3O3S. The van der Waals surface area contributed by atoms with Gasteiger partial charge >= 0.3 is 5.63 Å². The number of hydrogen-bond acceptors (Lipinski definition) is 6. The average Bonchev–Trinajstić information content (AvgIpc) is 3.30. The average molecular weight is 395 g/mol. The summed E-state index contributed by atoms with van der Waals surface area (Å²) >= 11 is 1.56. The molecule has 3 heterocycles. The predicted octanol–water partition coefficient (Wildman–Crippen LogP) is 4.83. The first-order valence-electron chi connectivity index (χ1n) is 9.26. The smallest absolute Gasteiger partial charge is 0.336 e. The van der Waals surface area contributed by atoms with Gasteiger partial charge in [0.2, 0.25) is 0 Å². The van der Waals surface area contributed by atoms with Crippen LogP contribution in [-0.2, 0) is 18.7 Å². The number of hydrogen-bond donors (Lipinski definition) is 0. The Hall–Kier alpha value is -2.80. The highest BCUT2D eigenvalue weighted by molar-refractivity contribution is 7.98. The number of fused-ring (bicyclic) bond motifs is 1. The largest absolute Gasteiger partial charge is 0.469 e. The number of thioether (sulfide) groups is 1. The third-order valence-electron chi connectivity index (χ3n) is 4.79. The van der Waals surface area contributed by atoms with Crippen molar-refractivity contribution in [2.75, 3.05) is 0 Å². The van der Waals surface area contributed by atoms with Crippen LogP contribution in [0.25, 0.3) is 22.4 Å². The van der Waals surface area contributed by atoms with Crippen LogP contribution >= 0.6 is 11.8 Å². The second-order valence-electron chi connectivity index (χ2n) is 6.50. The molecule has 0 spiro atoms. The minimum atomic E-state index is -0.331. The minimum absolute atomic E-state index is 0.331. The summed E-state index contributed by atoms with van der Waals surface area (Å²) in [5.74, 6) is 2.22. The van der Waals surface area contributed by atoms with Gasteiger partial charge in [0.15, 0.2) is 11.0 Å². The molecule has 28 heavy (non-hydrogen) atoms. The Morgan fingerprint density at radius 3 is 2.71 bits per heavy atom. The van der Waals surface area contributed by atoms with Gasteiger partial charge < -0.3 is 13.4 Å². The monoisotopic (exact) mass is 395 g/mol. The molecule has 0 amide bonds. The zero-order valence-electron chi connectivity index (χ0n) is 16.1. The van der Waals surface area contributed by atoms with Crippen LogP contribution in [0.1, 0.15) is 30.7 Å². The Kier molecular flexibility index (Phi) is 5.09. The van der Waals surface area contributed by atoms with Gasteiger partial charge in [-0.25, -0.2) is 4.79 Å². The number of aryl methyl sites for hydroxylation is 2. The van der Waals surface area contributed by atoms with Crippen molar-refractivity contribution in [2.24, 2.45) is 0 Å². The Labute approximate surface area is 166 Å². The summed E-state index contributed by atoms with van der Waals surface area (Å²) in [6.45, 7) is 6.80. The zero-order chi connectivity index (χ0) is 19.7. The molecule has 0 aliphatic heterocycles. The van der Waals surface area contributed by atoms with Gasteiger partial charge in [0.25, 0.3) is 0 Å². The summed E-state index contributed by atoms with van der Waals surface area (Å²) in [7, 11) is 0. The van der Waals surface area contributed by atoms with Crippen LogP contribution in [0.15, 0.2) is 55.4 Å². The second-order valence-corrected chi connectivity index (χ2v) is 7.45. The molecule has 4 aromatic rings. The van der Waals surface area contributed by atoms with Crippen molar-refractivity contribution in [3.05, 3.63) is 63.9 Å². The van der Waals surface area contributed by atoms with E-state index in [1.807, 2.05) is 25.1 Å². The minimum Gasteiger partial charge on any atom is -0.469 e. The van der Waals surface area contributed by atoms with Crippen LogP contribution in [0.4, 0.5) is 0 Å². The molecule has 1 aromatic carbocycles. The van der Waals surface area contributed by atoms with Crippen molar-refractivity contribution in [3.63, 3.8) is 0 Å². The highest BCUT2D eigenvalue weighted by Gasteiger charge is 2.17. The van der Waals surface area contributed by atoms with E-state index >= 15 is 0 Å². The van der Waals surface area contributed by atoms with E-state index in [9.17, 15) is 4.79 Å². The maximum atomic E-state index is 12.0. The third-order valence-corrected chi connectivity index (χ3v) is 5.81. The number of furan rings is 1. The number of benzene rings is 1. The van der Waals surface area contributed by atoms with E-state index in [1.54, 1.807) is 24.1 Å². The zero-order valence-corrected chi connectivity index (χ0v) is 16.9. The first-order chi connectivity index (χ1) is 13.6. The van der Waals surface area contributed by atoms with Crippen molar-refractivity contribution in [2.45, 2.75) is 44.6 Å². The fourth-order valence-corrected chi connectivity index (χ4v) is 4.25. The molecule has 0 fully saturated rings. The first kappa shape index (κ1) is 18.6. The Bertz CT molecular complexity index is 1190. The Morgan fingerprint density at radius 1 is 1.14 bits per heavy atom. The van der Waals surface area contributed by atoms with Crippen LogP contribution in [0.3, 0.4) is 0 Å². The summed E-state index contributed by atoms with van der Waals surface area (Å²) in [5.41, 5.74) is 3.33.